The zero-order valence-electron chi connectivity index (χ0n) is 12.6. The predicted octanol–water partition coefficient (Wildman–Crippen LogP) is 3.39. The summed E-state index contributed by atoms with van der Waals surface area (Å²) >= 11 is 0. The molecule has 0 fully saturated rings. The third-order valence-electron chi connectivity index (χ3n) is 3.62. The Bertz CT molecular complexity index is 783. The number of ether oxygens (including phenoxy) is 2. The Morgan fingerprint density at radius 2 is 2.04 bits per heavy atom. The van der Waals surface area contributed by atoms with E-state index in [-0.39, 0.29) is 31.3 Å². The standard InChI is InChI=1S/C16H14F2N2O4/c17-12-1-2-15(20(21)22)14(7-12)19-4-3-10-5-13(18)6-11-8-23-9-24-16(10)11/h1-2,5-7,19H,3-4,8-9H2. The summed E-state index contributed by atoms with van der Waals surface area (Å²) in [6.07, 6.45) is 0.355. The molecule has 0 aromatic heterocycles. The van der Waals surface area contributed by atoms with Crippen molar-refractivity contribution in [3.8, 4) is 5.75 Å². The summed E-state index contributed by atoms with van der Waals surface area (Å²) in [6.45, 7) is 0.613. The zero-order valence-corrected chi connectivity index (χ0v) is 12.6. The van der Waals surface area contributed by atoms with Crippen LogP contribution in [0.1, 0.15) is 11.1 Å². The van der Waals surface area contributed by atoms with Crippen LogP contribution in [-0.2, 0) is 17.8 Å². The van der Waals surface area contributed by atoms with Crippen LogP contribution in [0.5, 0.6) is 5.75 Å². The van der Waals surface area contributed by atoms with Gasteiger partial charge in [-0.15, -0.1) is 0 Å². The highest BCUT2D eigenvalue weighted by molar-refractivity contribution is 5.61. The number of nitrogens with zero attached hydrogens (tertiary/aromatic N) is 1. The second kappa shape index (κ2) is 6.79. The smallest absolute Gasteiger partial charge is 0.292 e. The van der Waals surface area contributed by atoms with Crippen LogP contribution in [0.25, 0.3) is 0 Å². The van der Waals surface area contributed by atoms with Crippen LogP contribution in [0.4, 0.5) is 20.2 Å². The van der Waals surface area contributed by atoms with E-state index in [2.05, 4.69) is 5.32 Å². The Labute approximate surface area is 136 Å². The van der Waals surface area contributed by atoms with Crippen molar-refractivity contribution in [2.45, 2.75) is 13.0 Å². The van der Waals surface area contributed by atoms with Gasteiger partial charge in [0.1, 0.15) is 23.1 Å². The van der Waals surface area contributed by atoms with Gasteiger partial charge >= 0.3 is 0 Å². The highest BCUT2D eigenvalue weighted by atomic mass is 19.1. The summed E-state index contributed by atoms with van der Waals surface area (Å²) in [4.78, 5) is 10.4. The Hall–Kier alpha value is -2.74. The van der Waals surface area contributed by atoms with Gasteiger partial charge in [0.05, 0.1) is 11.5 Å². The van der Waals surface area contributed by atoms with Crippen molar-refractivity contribution in [1.82, 2.24) is 0 Å². The monoisotopic (exact) mass is 336 g/mol. The lowest BCUT2D eigenvalue weighted by molar-refractivity contribution is -0.384. The molecule has 0 bridgehead atoms. The second-order valence-corrected chi connectivity index (χ2v) is 5.26. The number of hydrogen-bond donors (Lipinski definition) is 1. The quantitative estimate of drug-likeness (QED) is 0.669. The molecule has 24 heavy (non-hydrogen) atoms. The fourth-order valence-electron chi connectivity index (χ4n) is 2.58. The number of nitrogens with one attached hydrogen (secondary N) is 1. The van der Waals surface area contributed by atoms with Crippen LogP contribution in [-0.4, -0.2) is 18.3 Å². The maximum Gasteiger partial charge on any atom is 0.292 e. The number of nitro benzene ring substituents is 1. The Morgan fingerprint density at radius 1 is 1.21 bits per heavy atom. The molecule has 0 saturated carbocycles. The first-order valence-electron chi connectivity index (χ1n) is 7.24. The largest absolute Gasteiger partial charge is 0.467 e. The summed E-state index contributed by atoms with van der Waals surface area (Å²) in [5.74, 6) is -0.417. The molecule has 3 rings (SSSR count). The van der Waals surface area contributed by atoms with Gasteiger partial charge in [0.2, 0.25) is 0 Å². The van der Waals surface area contributed by atoms with E-state index in [9.17, 15) is 18.9 Å². The topological polar surface area (TPSA) is 73.6 Å². The number of halogens is 2. The van der Waals surface area contributed by atoms with Gasteiger partial charge in [-0.1, -0.05) is 0 Å². The van der Waals surface area contributed by atoms with E-state index in [4.69, 9.17) is 9.47 Å². The number of anilines is 1. The number of rotatable bonds is 5. The molecular formula is C16H14F2N2O4. The van der Waals surface area contributed by atoms with Crippen molar-refractivity contribution in [1.29, 1.82) is 0 Å². The zero-order chi connectivity index (χ0) is 17.1. The molecule has 0 atom stereocenters. The number of nitro groups is 1. The van der Waals surface area contributed by atoms with Crippen molar-refractivity contribution < 1.29 is 23.2 Å². The molecular weight excluding hydrogens is 322 g/mol. The lowest BCUT2D eigenvalue weighted by Crippen LogP contribution is -2.15. The molecule has 126 valence electrons. The molecule has 0 amide bonds. The van der Waals surface area contributed by atoms with Gasteiger partial charge < -0.3 is 14.8 Å². The van der Waals surface area contributed by atoms with Crippen LogP contribution in [0.15, 0.2) is 30.3 Å². The highest BCUT2D eigenvalue weighted by Gasteiger charge is 2.18. The molecule has 0 aliphatic carbocycles. The summed E-state index contributed by atoms with van der Waals surface area (Å²) in [5.41, 5.74) is 1.10. The van der Waals surface area contributed by atoms with E-state index < -0.39 is 16.6 Å². The molecule has 0 unspecified atom stereocenters. The van der Waals surface area contributed by atoms with Crippen molar-refractivity contribution in [2.24, 2.45) is 0 Å². The summed E-state index contributed by atoms with van der Waals surface area (Å²) < 4.78 is 37.5. The molecule has 1 heterocycles. The van der Waals surface area contributed by atoms with Crippen LogP contribution in [0, 0.1) is 21.7 Å². The Kier molecular flexibility index (Phi) is 4.57. The highest BCUT2D eigenvalue weighted by Crippen LogP contribution is 2.30. The molecule has 8 heteroatoms. The average molecular weight is 336 g/mol. The van der Waals surface area contributed by atoms with Crippen LogP contribution >= 0.6 is 0 Å². The summed E-state index contributed by atoms with van der Waals surface area (Å²) in [6, 6.07) is 5.89. The SMILES string of the molecule is O=[N+]([O-])c1ccc(F)cc1NCCc1cc(F)cc2c1OCOC2. The van der Waals surface area contributed by atoms with Crippen molar-refractivity contribution in [3.63, 3.8) is 0 Å². The molecule has 1 aliphatic rings. The van der Waals surface area contributed by atoms with E-state index in [1.165, 1.54) is 12.1 Å². The van der Waals surface area contributed by atoms with E-state index in [1.54, 1.807) is 0 Å². The maximum absolute atomic E-state index is 13.7. The number of fused-ring (bicyclic) bond motifs is 1. The van der Waals surface area contributed by atoms with E-state index >= 15 is 0 Å². The van der Waals surface area contributed by atoms with E-state index in [0.717, 1.165) is 18.2 Å². The average Bonchev–Trinajstić information content (AvgIpc) is 2.54. The minimum Gasteiger partial charge on any atom is -0.467 e. The minimum absolute atomic E-state index is 0.0783. The Balaban J connectivity index is 1.75. The molecule has 0 saturated heterocycles. The van der Waals surface area contributed by atoms with Gasteiger partial charge in [-0.2, -0.15) is 0 Å². The van der Waals surface area contributed by atoms with Gasteiger partial charge in [-0.25, -0.2) is 8.78 Å². The fraction of sp³-hybridized carbons (Fsp3) is 0.250. The lowest BCUT2D eigenvalue weighted by Gasteiger charge is -2.21. The Morgan fingerprint density at radius 3 is 2.83 bits per heavy atom. The lowest BCUT2D eigenvalue weighted by atomic mass is 10.1. The molecule has 0 spiro atoms. The van der Waals surface area contributed by atoms with Crippen LogP contribution < -0.4 is 10.1 Å². The van der Waals surface area contributed by atoms with E-state index in [0.29, 0.717) is 23.3 Å². The molecule has 0 radical (unpaired) electrons. The first-order chi connectivity index (χ1) is 11.5. The van der Waals surface area contributed by atoms with Gasteiger partial charge in [-0.05, 0) is 30.2 Å². The summed E-state index contributed by atoms with van der Waals surface area (Å²) in [5, 5.41) is 13.8. The van der Waals surface area contributed by atoms with Crippen LogP contribution in [0.2, 0.25) is 0 Å². The normalized spacial score (nSPS) is 13.1. The van der Waals surface area contributed by atoms with Crippen molar-refractivity contribution in [2.75, 3.05) is 18.7 Å². The van der Waals surface area contributed by atoms with Crippen molar-refractivity contribution in [3.05, 3.63) is 63.2 Å². The van der Waals surface area contributed by atoms with Gasteiger partial charge in [0.25, 0.3) is 5.69 Å². The van der Waals surface area contributed by atoms with Gasteiger partial charge in [0, 0.05) is 24.2 Å². The molecule has 6 nitrogen and oxygen atoms in total. The minimum atomic E-state index is -0.591. The third-order valence-corrected chi connectivity index (χ3v) is 3.62. The van der Waals surface area contributed by atoms with E-state index in [1.807, 2.05) is 0 Å². The second-order valence-electron chi connectivity index (χ2n) is 5.26. The van der Waals surface area contributed by atoms with Gasteiger partial charge in [-0.3, -0.25) is 10.1 Å². The summed E-state index contributed by atoms with van der Waals surface area (Å²) in [7, 11) is 0. The molecule has 1 N–H and O–H groups in total. The molecule has 2 aromatic rings. The first-order valence-corrected chi connectivity index (χ1v) is 7.24. The first kappa shape index (κ1) is 16.1. The van der Waals surface area contributed by atoms with Gasteiger partial charge in [0.15, 0.2) is 6.79 Å². The molecule has 2 aromatic carbocycles. The third kappa shape index (κ3) is 3.43. The predicted molar refractivity (Wildman–Crippen MR) is 81.9 cm³/mol. The number of benzene rings is 2. The molecule has 1 aliphatic heterocycles. The number of hydrogen-bond acceptors (Lipinski definition) is 5. The van der Waals surface area contributed by atoms with Crippen molar-refractivity contribution >= 4 is 11.4 Å². The maximum atomic E-state index is 13.7. The fourth-order valence-corrected chi connectivity index (χ4v) is 2.58. The van der Waals surface area contributed by atoms with Crippen LogP contribution in [0.3, 0.4) is 0 Å².